The quantitative estimate of drug-likeness (QED) is 0.412. The maximum absolute atomic E-state index is 13.8. The van der Waals surface area contributed by atoms with Crippen LogP contribution in [0.15, 0.2) is 85.1 Å². The predicted octanol–water partition coefficient (Wildman–Crippen LogP) is 6.24. The van der Waals surface area contributed by atoms with Gasteiger partial charge in [0.15, 0.2) is 0 Å². The van der Waals surface area contributed by atoms with Crippen LogP contribution in [-0.2, 0) is 6.54 Å². The lowest BCUT2D eigenvalue weighted by Gasteiger charge is -2.31. The molecule has 33 heavy (non-hydrogen) atoms. The summed E-state index contributed by atoms with van der Waals surface area (Å²) in [5.41, 5.74) is 7.24. The third kappa shape index (κ3) is 3.87. The van der Waals surface area contributed by atoms with Crippen LogP contribution in [0.1, 0.15) is 34.0 Å². The van der Waals surface area contributed by atoms with Gasteiger partial charge in [-0.05, 0) is 72.5 Å². The largest absolute Gasteiger partial charge is 0.497 e. The van der Waals surface area contributed by atoms with Crippen LogP contribution in [0.2, 0.25) is 0 Å². The number of nitrogens with one attached hydrogen (secondary N) is 1. The number of hydrogen-bond acceptors (Lipinski definition) is 2. The van der Waals surface area contributed by atoms with Crippen molar-refractivity contribution < 1.29 is 9.53 Å². The van der Waals surface area contributed by atoms with Crippen molar-refractivity contribution in [1.82, 2.24) is 9.47 Å². The molecule has 1 aliphatic rings. The first-order valence-electron chi connectivity index (χ1n) is 11.1. The van der Waals surface area contributed by atoms with Gasteiger partial charge >= 0.3 is 6.03 Å². The van der Waals surface area contributed by atoms with Crippen LogP contribution in [0.5, 0.6) is 5.75 Å². The molecule has 0 saturated heterocycles. The van der Waals surface area contributed by atoms with E-state index in [9.17, 15) is 4.79 Å². The number of amides is 2. The number of carbonyl (C=O) groups excluding carboxylic acids is 1. The third-order valence-corrected chi connectivity index (χ3v) is 6.29. The van der Waals surface area contributed by atoms with E-state index in [0.717, 1.165) is 45.1 Å². The van der Waals surface area contributed by atoms with Crippen LogP contribution in [0.3, 0.4) is 0 Å². The first kappa shape index (κ1) is 20.9. The average Bonchev–Trinajstić information content (AvgIpc) is 3.26. The van der Waals surface area contributed by atoms with Gasteiger partial charge < -0.3 is 19.5 Å². The van der Waals surface area contributed by atoms with Crippen LogP contribution in [-0.4, -0.2) is 22.6 Å². The summed E-state index contributed by atoms with van der Waals surface area (Å²) in [7, 11) is 1.66. The summed E-state index contributed by atoms with van der Waals surface area (Å²) in [5, 5.41) is 3.18. The Hall–Kier alpha value is -3.99. The molecular formula is C28H27N3O2. The molecule has 166 valence electrons. The molecule has 5 rings (SSSR count). The molecule has 1 N–H and O–H groups in total. The van der Waals surface area contributed by atoms with Gasteiger partial charge in [0.2, 0.25) is 0 Å². The maximum atomic E-state index is 13.8. The summed E-state index contributed by atoms with van der Waals surface area (Å²) in [6.07, 6.45) is 2.07. The molecule has 1 aliphatic heterocycles. The number of para-hydroxylation sites is 1. The lowest BCUT2D eigenvalue weighted by atomic mass is 10.0. The van der Waals surface area contributed by atoms with E-state index in [2.05, 4.69) is 40.3 Å². The van der Waals surface area contributed by atoms with E-state index in [1.54, 1.807) is 7.11 Å². The zero-order chi connectivity index (χ0) is 22.9. The Balaban J connectivity index is 1.63. The lowest BCUT2D eigenvalue weighted by Crippen LogP contribution is -2.38. The van der Waals surface area contributed by atoms with Gasteiger partial charge in [-0.3, -0.25) is 0 Å². The average molecular weight is 438 g/mol. The zero-order valence-electron chi connectivity index (χ0n) is 19.1. The maximum Gasteiger partial charge on any atom is 0.322 e. The van der Waals surface area contributed by atoms with Gasteiger partial charge in [0.1, 0.15) is 5.75 Å². The number of nitrogens with zero attached hydrogens (tertiary/aromatic N) is 2. The Kier molecular flexibility index (Phi) is 5.38. The van der Waals surface area contributed by atoms with E-state index >= 15 is 0 Å². The highest BCUT2D eigenvalue weighted by Crippen LogP contribution is 2.37. The van der Waals surface area contributed by atoms with Gasteiger partial charge in [0.25, 0.3) is 0 Å². The van der Waals surface area contributed by atoms with Crippen LogP contribution in [0, 0.1) is 13.8 Å². The van der Waals surface area contributed by atoms with E-state index in [-0.39, 0.29) is 12.1 Å². The highest BCUT2D eigenvalue weighted by atomic mass is 16.5. The minimum atomic E-state index is -0.261. The number of aryl methyl sites for hydroxylation is 2. The molecule has 1 aromatic heterocycles. The van der Waals surface area contributed by atoms with E-state index in [4.69, 9.17) is 4.74 Å². The number of rotatable bonds is 3. The molecule has 2 amide bonds. The SMILES string of the molecule is COc1ccc([C@H]2c3cccn3-c3ccccc3CN2C(=O)Nc2cc(C)ccc2C)cc1. The normalized spacial score (nSPS) is 14.8. The van der Waals surface area contributed by atoms with E-state index in [1.807, 2.05) is 73.3 Å². The molecule has 5 heteroatoms. The molecule has 1 atom stereocenters. The molecule has 0 spiro atoms. The standard InChI is InChI=1S/C28H27N3O2/c1-19-10-11-20(2)24(17-19)29-28(32)31-18-22-7-4-5-8-25(22)30-16-6-9-26(30)27(31)21-12-14-23(33-3)15-13-21/h4-17,27H,18H2,1-3H3,(H,29,32)/t27-/m0/s1. The number of carbonyl (C=O) groups is 1. The van der Waals surface area contributed by atoms with Crippen LogP contribution >= 0.6 is 0 Å². The summed E-state index contributed by atoms with van der Waals surface area (Å²) in [6, 6.07) is 26.1. The Morgan fingerprint density at radius 1 is 0.970 bits per heavy atom. The fourth-order valence-corrected chi connectivity index (χ4v) is 4.53. The third-order valence-electron chi connectivity index (χ3n) is 6.29. The summed E-state index contributed by atoms with van der Waals surface area (Å²) in [6.45, 7) is 4.54. The number of ether oxygens (including phenoxy) is 1. The molecule has 3 aromatic carbocycles. The van der Waals surface area contributed by atoms with E-state index in [0.29, 0.717) is 6.54 Å². The molecular weight excluding hydrogens is 410 g/mol. The highest BCUT2D eigenvalue weighted by molar-refractivity contribution is 5.91. The predicted molar refractivity (Wildman–Crippen MR) is 131 cm³/mol. The number of methoxy groups -OCH3 is 1. The molecule has 0 radical (unpaired) electrons. The van der Waals surface area contributed by atoms with Crippen molar-refractivity contribution in [2.75, 3.05) is 12.4 Å². The Morgan fingerprint density at radius 3 is 2.55 bits per heavy atom. The molecule has 2 heterocycles. The Bertz CT molecular complexity index is 1310. The van der Waals surface area contributed by atoms with Crippen LogP contribution in [0.25, 0.3) is 5.69 Å². The van der Waals surface area contributed by atoms with Gasteiger partial charge in [0, 0.05) is 17.6 Å². The van der Waals surface area contributed by atoms with Gasteiger partial charge in [-0.25, -0.2) is 4.79 Å². The summed E-state index contributed by atoms with van der Waals surface area (Å²) in [4.78, 5) is 15.7. The number of fused-ring (bicyclic) bond motifs is 3. The highest BCUT2D eigenvalue weighted by Gasteiger charge is 2.33. The topological polar surface area (TPSA) is 46.5 Å². The molecule has 4 aromatic rings. The second kappa shape index (κ2) is 8.51. The lowest BCUT2D eigenvalue weighted by molar-refractivity contribution is 0.194. The van der Waals surface area contributed by atoms with Crippen molar-refractivity contribution >= 4 is 11.7 Å². The molecule has 0 bridgehead atoms. The molecule has 0 fully saturated rings. The first-order valence-corrected chi connectivity index (χ1v) is 11.1. The fourth-order valence-electron chi connectivity index (χ4n) is 4.53. The van der Waals surface area contributed by atoms with Crippen molar-refractivity contribution in [3.63, 3.8) is 0 Å². The van der Waals surface area contributed by atoms with Crippen molar-refractivity contribution in [2.24, 2.45) is 0 Å². The first-order chi connectivity index (χ1) is 16.0. The fraction of sp³-hybridized carbons (Fsp3) is 0.179. The molecule has 5 nitrogen and oxygen atoms in total. The second-order valence-corrected chi connectivity index (χ2v) is 8.48. The van der Waals surface area contributed by atoms with E-state index < -0.39 is 0 Å². The van der Waals surface area contributed by atoms with Crippen molar-refractivity contribution in [3.05, 3.63) is 113 Å². The van der Waals surface area contributed by atoms with Crippen molar-refractivity contribution in [1.29, 1.82) is 0 Å². The number of anilines is 1. The second-order valence-electron chi connectivity index (χ2n) is 8.48. The number of aromatic nitrogens is 1. The summed E-state index contributed by atoms with van der Waals surface area (Å²) >= 11 is 0. The number of benzene rings is 3. The van der Waals surface area contributed by atoms with Gasteiger partial charge in [-0.1, -0.05) is 42.5 Å². The van der Waals surface area contributed by atoms with Crippen LogP contribution < -0.4 is 10.1 Å². The van der Waals surface area contributed by atoms with Gasteiger partial charge in [-0.2, -0.15) is 0 Å². The Labute approximate surface area is 194 Å². The van der Waals surface area contributed by atoms with E-state index in [1.165, 1.54) is 0 Å². The van der Waals surface area contributed by atoms with Gasteiger partial charge in [-0.15, -0.1) is 0 Å². The summed E-state index contributed by atoms with van der Waals surface area (Å²) < 4.78 is 7.56. The smallest absolute Gasteiger partial charge is 0.322 e. The monoisotopic (exact) mass is 437 g/mol. The van der Waals surface area contributed by atoms with Crippen LogP contribution in [0.4, 0.5) is 10.5 Å². The minimum Gasteiger partial charge on any atom is -0.497 e. The Morgan fingerprint density at radius 2 is 1.76 bits per heavy atom. The molecule has 0 saturated carbocycles. The van der Waals surface area contributed by atoms with Crippen molar-refractivity contribution in [3.8, 4) is 11.4 Å². The molecule has 0 aliphatic carbocycles. The zero-order valence-corrected chi connectivity index (χ0v) is 19.1. The van der Waals surface area contributed by atoms with Gasteiger partial charge in [0.05, 0.1) is 25.4 Å². The number of hydrogen-bond donors (Lipinski definition) is 1. The number of urea groups is 1. The summed E-state index contributed by atoms with van der Waals surface area (Å²) in [5.74, 6) is 0.789. The minimum absolute atomic E-state index is 0.131. The molecule has 0 unspecified atom stereocenters. The van der Waals surface area contributed by atoms with Crippen molar-refractivity contribution in [2.45, 2.75) is 26.4 Å².